The molecule has 3 nitrogen and oxygen atoms in total. The predicted octanol–water partition coefficient (Wildman–Crippen LogP) is 3.35. The van der Waals surface area contributed by atoms with Crippen molar-refractivity contribution >= 4 is 45.8 Å². The molecular weight excluding hydrogens is 363 g/mol. The molecule has 1 amide bonds. The van der Waals surface area contributed by atoms with Crippen LogP contribution in [0.5, 0.6) is 0 Å². The van der Waals surface area contributed by atoms with Crippen LogP contribution < -0.4 is 5.32 Å². The van der Waals surface area contributed by atoms with E-state index < -0.39 is 0 Å². The minimum Gasteiger partial charge on any atom is -0.338 e. The molecule has 0 bridgehead atoms. The lowest BCUT2D eigenvalue weighted by molar-refractivity contribution is 0.0775. The number of nitrogens with one attached hydrogen (secondary N) is 1. The third-order valence-corrected chi connectivity index (χ3v) is 5.46. The zero-order chi connectivity index (χ0) is 13.5. The maximum atomic E-state index is 12.5. The lowest BCUT2D eigenvalue weighted by atomic mass is 9.86. The second kappa shape index (κ2) is 6.22. The smallest absolute Gasteiger partial charge is 0.253 e. The number of hydrogen-bond acceptors (Lipinski definition) is 2. The minimum absolute atomic E-state index is 0. The SMILES string of the molecule is Cl.O=C(c1ccc(Br)c(Cl)c1)N1CCC2(CCNC2)C1. The molecule has 20 heavy (non-hydrogen) atoms. The maximum absolute atomic E-state index is 12.5. The van der Waals surface area contributed by atoms with E-state index in [4.69, 9.17) is 11.6 Å². The summed E-state index contributed by atoms with van der Waals surface area (Å²) < 4.78 is 0.823. The molecule has 2 fully saturated rings. The molecule has 2 saturated heterocycles. The highest BCUT2D eigenvalue weighted by molar-refractivity contribution is 9.10. The van der Waals surface area contributed by atoms with Crippen molar-refractivity contribution in [2.24, 2.45) is 5.41 Å². The van der Waals surface area contributed by atoms with Gasteiger partial charge in [0.05, 0.1) is 5.02 Å². The number of halogens is 3. The molecule has 0 saturated carbocycles. The minimum atomic E-state index is 0. The Morgan fingerprint density at radius 3 is 2.85 bits per heavy atom. The highest BCUT2D eigenvalue weighted by Crippen LogP contribution is 2.36. The Morgan fingerprint density at radius 2 is 2.20 bits per heavy atom. The van der Waals surface area contributed by atoms with Crippen molar-refractivity contribution in [2.45, 2.75) is 12.8 Å². The maximum Gasteiger partial charge on any atom is 0.253 e. The Kier molecular flexibility index (Phi) is 5.00. The third-order valence-electron chi connectivity index (χ3n) is 4.22. The van der Waals surface area contributed by atoms with Crippen LogP contribution in [0.25, 0.3) is 0 Å². The van der Waals surface area contributed by atoms with Crippen LogP contribution in [-0.4, -0.2) is 37.0 Å². The summed E-state index contributed by atoms with van der Waals surface area (Å²) in [5.74, 6) is 0.0955. The molecule has 1 spiro atoms. The zero-order valence-corrected chi connectivity index (χ0v) is 14.2. The van der Waals surface area contributed by atoms with Crippen LogP contribution in [0.4, 0.5) is 0 Å². The Morgan fingerprint density at radius 1 is 1.40 bits per heavy atom. The van der Waals surface area contributed by atoms with Gasteiger partial charge in [0.1, 0.15) is 0 Å². The second-order valence-corrected chi connectivity index (χ2v) is 6.79. The Labute approximate surface area is 138 Å². The van der Waals surface area contributed by atoms with Crippen molar-refractivity contribution in [3.63, 3.8) is 0 Å². The van der Waals surface area contributed by atoms with Gasteiger partial charge in [-0.05, 0) is 53.5 Å². The quantitative estimate of drug-likeness (QED) is 0.811. The lowest BCUT2D eigenvalue weighted by Crippen LogP contribution is -2.33. The summed E-state index contributed by atoms with van der Waals surface area (Å²) in [6.07, 6.45) is 2.29. The summed E-state index contributed by atoms with van der Waals surface area (Å²) in [6.45, 7) is 3.84. The number of amides is 1. The summed E-state index contributed by atoms with van der Waals surface area (Å²) in [7, 11) is 0. The van der Waals surface area contributed by atoms with E-state index in [2.05, 4.69) is 21.2 Å². The number of rotatable bonds is 1. The first kappa shape index (κ1) is 16.1. The van der Waals surface area contributed by atoms with Crippen LogP contribution in [0.15, 0.2) is 22.7 Å². The molecule has 0 aliphatic carbocycles. The number of benzene rings is 1. The fourth-order valence-electron chi connectivity index (χ4n) is 3.06. The fraction of sp³-hybridized carbons (Fsp3) is 0.500. The first-order chi connectivity index (χ1) is 9.10. The summed E-state index contributed by atoms with van der Waals surface area (Å²) in [5, 5.41) is 3.99. The van der Waals surface area contributed by atoms with E-state index >= 15 is 0 Å². The first-order valence-electron chi connectivity index (χ1n) is 6.55. The molecule has 3 rings (SSSR count). The molecule has 1 unspecified atom stereocenters. The standard InChI is InChI=1S/C14H16BrClN2O.ClH/c15-11-2-1-10(7-12(11)16)13(19)18-6-4-14(9-18)3-5-17-8-14;/h1-2,7,17H,3-6,8-9H2;1H. The van der Waals surface area contributed by atoms with Crippen LogP contribution in [-0.2, 0) is 0 Å². The number of hydrogen-bond donors (Lipinski definition) is 1. The van der Waals surface area contributed by atoms with E-state index in [9.17, 15) is 4.79 Å². The molecule has 2 aliphatic heterocycles. The van der Waals surface area contributed by atoms with Gasteiger partial charge in [-0.1, -0.05) is 11.6 Å². The van der Waals surface area contributed by atoms with Gasteiger partial charge < -0.3 is 10.2 Å². The van der Waals surface area contributed by atoms with E-state index in [-0.39, 0.29) is 18.3 Å². The van der Waals surface area contributed by atoms with Gasteiger partial charge in [-0.3, -0.25) is 4.79 Å². The van der Waals surface area contributed by atoms with Crippen molar-refractivity contribution < 1.29 is 4.79 Å². The highest BCUT2D eigenvalue weighted by Gasteiger charge is 2.41. The van der Waals surface area contributed by atoms with Crippen molar-refractivity contribution in [1.29, 1.82) is 0 Å². The Balaban J connectivity index is 0.00000147. The Bertz CT molecular complexity index is 518. The van der Waals surface area contributed by atoms with Crippen LogP contribution in [0.1, 0.15) is 23.2 Å². The van der Waals surface area contributed by atoms with Gasteiger partial charge in [-0.2, -0.15) is 0 Å². The van der Waals surface area contributed by atoms with Crippen molar-refractivity contribution in [3.8, 4) is 0 Å². The average Bonchev–Trinajstić information content (AvgIpc) is 3.03. The molecule has 2 aliphatic rings. The van der Waals surface area contributed by atoms with E-state index in [0.717, 1.165) is 37.1 Å². The van der Waals surface area contributed by atoms with Gasteiger partial charge in [-0.25, -0.2) is 0 Å². The van der Waals surface area contributed by atoms with E-state index in [0.29, 0.717) is 16.0 Å². The van der Waals surface area contributed by atoms with Gasteiger partial charge in [-0.15, -0.1) is 12.4 Å². The summed E-state index contributed by atoms with van der Waals surface area (Å²) in [6, 6.07) is 5.40. The lowest BCUT2D eigenvalue weighted by Gasteiger charge is -2.22. The average molecular weight is 380 g/mol. The second-order valence-electron chi connectivity index (χ2n) is 5.53. The topological polar surface area (TPSA) is 32.3 Å². The molecule has 1 atom stereocenters. The molecule has 6 heteroatoms. The highest BCUT2D eigenvalue weighted by atomic mass is 79.9. The number of likely N-dealkylation sites (tertiary alicyclic amines) is 1. The van der Waals surface area contributed by atoms with Gasteiger partial charge in [0.25, 0.3) is 5.91 Å². The predicted molar refractivity (Wildman–Crippen MR) is 86.8 cm³/mol. The normalized spacial score (nSPS) is 25.0. The van der Waals surface area contributed by atoms with Gasteiger partial charge in [0.15, 0.2) is 0 Å². The summed E-state index contributed by atoms with van der Waals surface area (Å²) in [5.41, 5.74) is 0.991. The first-order valence-corrected chi connectivity index (χ1v) is 7.72. The molecule has 1 aromatic carbocycles. The zero-order valence-electron chi connectivity index (χ0n) is 11.0. The van der Waals surface area contributed by atoms with Crippen LogP contribution in [0.3, 0.4) is 0 Å². The van der Waals surface area contributed by atoms with Crippen LogP contribution in [0, 0.1) is 5.41 Å². The van der Waals surface area contributed by atoms with Crippen molar-refractivity contribution in [2.75, 3.05) is 26.2 Å². The van der Waals surface area contributed by atoms with Crippen LogP contribution in [0.2, 0.25) is 5.02 Å². The molecule has 1 N–H and O–H groups in total. The fourth-order valence-corrected chi connectivity index (χ4v) is 3.49. The number of carbonyl (C=O) groups excluding carboxylic acids is 1. The molecule has 1 aromatic rings. The van der Waals surface area contributed by atoms with E-state index in [1.54, 1.807) is 6.07 Å². The largest absolute Gasteiger partial charge is 0.338 e. The molecule has 0 aromatic heterocycles. The molecule has 0 radical (unpaired) electrons. The third kappa shape index (κ3) is 2.98. The van der Waals surface area contributed by atoms with Gasteiger partial charge in [0.2, 0.25) is 0 Å². The van der Waals surface area contributed by atoms with Gasteiger partial charge in [0, 0.05) is 35.1 Å². The van der Waals surface area contributed by atoms with Crippen molar-refractivity contribution in [3.05, 3.63) is 33.3 Å². The summed E-state index contributed by atoms with van der Waals surface area (Å²) in [4.78, 5) is 14.4. The monoisotopic (exact) mass is 378 g/mol. The molecular formula is C14H17BrCl2N2O. The number of carbonyl (C=O) groups is 1. The molecule has 2 heterocycles. The Hall–Kier alpha value is -0.290. The van der Waals surface area contributed by atoms with E-state index in [1.807, 2.05) is 17.0 Å². The number of nitrogens with zero attached hydrogens (tertiary/aromatic N) is 1. The van der Waals surface area contributed by atoms with Gasteiger partial charge >= 0.3 is 0 Å². The van der Waals surface area contributed by atoms with E-state index in [1.165, 1.54) is 6.42 Å². The molecule has 110 valence electrons. The van der Waals surface area contributed by atoms with Crippen molar-refractivity contribution in [1.82, 2.24) is 10.2 Å². The summed E-state index contributed by atoms with van der Waals surface area (Å²) >= 11 is 9.40. The van der Waals surface area contributed by atoms with Crippen LogP contribution >= 0.6 is 39.9 Å².